The zero-order chi connectivity index (χ0) is 18.2. The van der Waals surface area contributed by atoms with E-state index in [1.165, 1.54) is 0 Å². The SMILES string of the molecule is COc1ccc(CNC(=O)CNC(=O)C(N)c2ccc(C)cc2)cc1. The van der Waals surface area contributed by atoms with Gasteiger partial charge in [0.2, 0.25) is 11.8 Å². The normalized spacial score (nSPS) is 11.5. The summed E-state index contributed by atoms with van der Waals surface area (Å²) in [5.41, 5.74) is 8.65. The van der Waals surface area contributed by atoms with E-state index in [2.05, 4.69) is 10.6 Å². The molecular weight excluding hydrogens is 318 g/mol. The van der Waals surface area contributed by atoms with Crippen molar-refractivity contribution >= 4 is 11.8 Å². The lowest BCUT2D eigenvalue weighted by Gasteiger charge is -2.13. The maximum atomic E-state index is 12.0. The molecule has 0 saturated heterocycles. The molecule has 0 saturated carbocycles. The molecule has 0 aliphatic rings. The fourth-order valence-corrected chi connectivity index (χ4v) is 2.21. The van der Waals surface area contributed by atoms with Crippen molar-refractivity contribution in [2.45, 2.75) is 19.5 Å². The Morgan fingerprint density at radius 3 is 2.28 bits per heavy atom. The van der Waals surface area contributed by atoms with Crippen LogP contribution in [0.25, 0.3) is 0 Å². The number of carbonyl (C=O) groups is 2. The highest BCUT2D eigenvalue weighted by Crippen LogP contribution is 2.12. The molecule has 0 spiro atoms. The minimum atomic E-state index is -0.796. The standard InChI is InChI=1S/C19H23N3O3/c1-13-3-7-15(8-4-13)18(20)19(24)22-12-17(23)21-11-14-5-9-16(25-2)10-6-14/h3-10,18H,11-12,20H2,1-2H3,(H,21,23)(H,22,24). The highest BCUT2D eigenvalue weighted by molar-refractivity contribution is 5.88. The number of nitrogens with one attached hydrogen (secondary N) is 2. The highest BCUT2D eigenvalue weighted by atomic mass is 16.5. The Labute approximate surface area is 147 Å². The van der Waals surface area contributed by atoms with Crippen LogP contribution in [0, 0.1) is 6.92 Å². The average molecular weight is 341 g/mol. The van der Waals surface area contributed by atoms with Crippen LogP contribution in [0.1, 0.15) is 22.7 Å². The van der Waals surface area contributed by atoms with Crippen molar-refractivity contribution < 1.29 is 14.3 Å². The molecule has 6 heteroatoms. The van der Waals surface area contributed by atoms with Crippen molar-refractivity contribution in [3.63, 3.8) is 0 Å². The molecule has 0 heterocycles. The van der Waals surface area contributed by atoms with Gasteiger partial charge in [-0.3, -0.25) is 9.59 Å². The second kappa shape index (κ2) is 8.84. The summed E-state index contributed by atoms with van der Waals surface area (Å²) in [6.07, 6.45) is 0. The van der Waals surface area contributed by atoms with E-state index >= 15 is 0 Å². The summed E-state index contributed by atoms with van der Waals surface area (Å²) < 4.78 is 5.08. The van der Waals surface area contributed by atoms with E-state index in [9.17, 15) is 9.59 Å². The van der Waals surface area contributed by atoms with Crippen molar-refractivity contribution in [1.29, 1.82) is 0 Å². The molecule has 2 aromatic rings. The first-order chi connectivity index (χ1) is 12.0. The molecule has 0 aliphatic carbocycles. The Bertz CT molecular complexity index is 712. The molecule has 25 heavy (non-hydrogen) atoms. The van der Waals surface area contributed by atoms with Crippen LogP contribution in [0.4, 0.5) is 0 Å². The van der Waals surface area contributed by atoms with Crippen LogP contribution in [0.5, 0.6) is 5.75 Å². The van der Waals surface area contributed by atoms with Gasteiger partial charge in [-0.1, -0.05) is 42.0 Å². The third-order valence-electron chi connectivity index (χ3n) is 3.79. The number of amides is 2. The summed E-state index contributed by atoms with van der Waals surface area (Å²) in [5, 5.41) is 5.30. The summed E-state index contributed by atoms with van der Waals surface area (Å²) in [5.74, 6) is 0.0937. The molecule has 1 unspecified atom stereocenters. The lowest BCUT2D eigenvalue weighted by molar-refractivity contribution is -0.127. The van der Waals surface area contributed by atoms with Gasteiger partial charge >= 0.3 is 0 Å². The molecule has 6 nitrogen and oxygen atoms in total. The zero-order valence-electron chi connectivity index (χ0n) is 14.4. The Hall–Kier alpha value is -2.86. The average Bonchev–Trinajstić information content (AvgIpc) is 2.64. The smallest absolute Gasteiger partial charge is 0.241 e. The predicted octanol–water partition coefficient (Wildman–Crippen LogP) is 1.44. The number of benzene rings is 2. The van der Waals surface area contributed by atoms with Crippen LogP contribution >= 0.6 is 0 Å². The zero-order valence-corrected chi connectivity index (χ0v) is 14.4. The third-order valence-corrected chi connectivity index (χ3v) is 3.79. The van der Waals surface area contributed by atoms with Crippen LogP contribution in [-0.2, 0) is 16.1 Å². The molecule has 4 N–H and O–H groups in total. The minimum absolute atomic E-state index is 0.117. The monoisotopic (exact) mass is 341 g/mol. The van der Waals surface area contributed by atoms with Gasteiger partial charge in [-0.15, -0.1) is 0 Å². The Morgan fingerprint density at radius 1 is 1.04 bits per heavy atom. The summed E-state index contributed by atoms with van der Waals surface area (Å²) >= 11 is 0. The van der Waals surface area contributed by atoms with Crippen molar-refractivity contribution in [1.82, 2.24) is 10.6 Å². The summed E-state index contributed by atoms with van der Waals surface area (Å²) in [4.78, 5) is 23.9. The maximum absolute atomic E-state index is 12.0. The first-order valence-electron chi connectivity index (χ1n) is 7.99. The van der Waals surface area contributed by atoms with E-state index in [1.807, 2.05) is 55.5 Å². The quantitative estimate of drug-likeness (QED) is 0.710. The molecule has 0 aliphatic heterocycles. The summed E-state index contributed by atoms with van der Waals surface area (Å²) in [6, 6.07) is 14.0. The summed E-state index contributed by atoms with van der Waals surface area (Å²) in [7, 11) is 1.60. The van der Waals surface area contributed by atoms with Crippen LogP contribution in [0.15, 0.2) is 48.5 Å². The van der Waals surface area contributed by atoms with E-state index in [0.29, 0.717) is 12.1 Å². The first kappa shape index (κ1) is 18.5. The molecule has 2 rings (SSSR count). The van der Waals surface area contributed by atoms with Gasteiger partial charge in [-0.2, -0.15) is 0 Å². The number of hydrogen-bond donors (Lipinski definition) is 3. The molecule has 1 atom stereocenters. The molecule has 0 bridgehead atoms. The van der Waals surface area contributed by atoms with Crippen LogP contribution in [0.2, 0.25) is 0 Å². The van der Waals surface area contributed by atoms with Gasteiger partial charge in [0.1, 0.15) is 11.8 Å². The number of nitrogens with two attached hydrogens (primary N) is 1. The highest BCUT2D eigenvalue weighted by Gasteiger charge is 2.16. The Balaban J connectivity index is 1.76. The van der Waals surface area contributed by atoms with E-state index in [1.54, 1.807) is 7.11 Å². The van der Waals surface area contributed by atoms with Gasteiger partial charge in [-0.25, -0.2) is 0 Å². The molecule has 2 amide bonds. The van der Waals surface area contributed by atoms with Gasteiger partial charge in [0, 0.05) is 6.54 Å². The molecule has 132 valence electrons. The fourth-order valence-electron chi connectivity index (χ4n) is 2.21. The van der Waals surface area contributed by atoms with Gasteiger partial charge < -0.3 is 21.1 Å². The second-order valence-corrected chi connectivity index (χ2v) is 5.73. The minimum Gasteiger partial charge on any atom is -0.497 e. The van der Waals surface area contributed by atoms with E-state index < -0.39 is 6.04 Å². The van der Waals surface area contributed by atoms with Gasteiger partial charge in [0.05, 0.1) is 13.7 Å². The number of carbonyl (C=O) groups excluding carboxylic acids is 2. The van der Waals surface area contributed by atoms with Crippen LogP contribution < -0.4 is 21.1 Å². The Morgan fingerprint density at radius 2 is 1.68 bits per heavy atom. The van der Waals surface area contributed by atoms with Gasteiger partial charge in [0.25, 0.3) is 0 Å². The topological polar surface area (TPSA) is 93.5 Å². The van der Waals surface area contributed by atoms with Crippen molar-refractivity contribution in [3.8, 4) is 5.75 Å². The molecule has 0 aromatic heterocycles. The first-order valence-corrected chi connectivity index (χ1v) is 7.99. The Kier molecular flexibility index (Phi) is 6.54. The maximum Gasteiger partial charge on any atom is 0.241 e. The second-order valence-electron chi connectivity index (χ2n) is 5.73. The number of hydrogen-bond acceptors (Lipinski definition) is 4. The van der Waals surface area contributed by atoms with Gasteiger partial charge in [-0.05, 0) is 30.2 Å². The van der Waals surface area contributed by atoms with E-state index in [4.69, 9.17) is 10.5 Å². The molecule has 0 radical (unpaired) electrons. The molecule has 2 aromatic carbocycles. The lowest BCUT2D eigenvalue weighted by atomic mass is 10.1. The van der Waals surface area contributed by atoms with Crippen LogP contribution in [-0.4, -0.2) is 25.5 Å². The number of ether oxygens (including phenoxy) is 1. The van der Waals surface area contributed by atoms with E-state index in [-0.39, 0.29) is 18.4 Å². The van der Waals surface area contributed by atoms with Crippen LogP contribution in [0.3, 0.4) is 0 Å². The molecular formula is C19H23N3O3. The fraction of sp³-hybridized carbons (Fsp3) is 0.263. The number of rotatable bonds is 7. The number of methoxy groups -OCH3 is 1. The largest absolute Gasteiger partial charge is 0.497 e. The van der Waals surface area contributed by atoms with Crippen molar-refractivity contribution in [2.24, 2.45) is 5.73 Å². The van der Waals surface area contributed by atoms with Crippen molar-refractivity contribution in [3.05, 3.63) is 65.2 Å². The number of aryl methyl sites for hydroxylation is 1. The molecule has 0 fully saturated rings. The van der Waals surface area contributed by atoms with Gasteiger partial charge in [0.15, 0.2) is 0 Å². The van der Waals surface area contributed by atoms with Crippen molar-refractivity contribution in [2.75, 3.05) is 13.7 Å². The summed E-state index contributed by atoms with van der Waals surface area (Å²) in [6.45, 7) is 2.22. The predicted molar refractivity (Wildman–Crippen MR) is 96.0 cm³/mol. The van der Waals surface area contributed by atoms with E-state index in [0.717, 1.165) is 16.9 Å². The third kappa shape index (κ3) is 5.61. The lowest BCUT2D eigenvalue weighted by Crippen LogP contribution is -2.40.